The summed E-state index contributed by atoms with van der Waals surface area (Å²) in [5.41, 5.74) is 0.470. The SMILES string of the molecule is CC[C@@]1(Cc2ccccc2O)CCCN1C(=O)O. The fourth-order valence-electron chi connectivity index (χ4n) is 2.93. The Morgan fingerprint density at radius 3 is 2.78 bits per heavy atom. The van der Waals surface area contributed by atoms with Crippen molar-refractivity contribution in [1.82, 2.24) is 4.90 Å². The van der Waals surface area contributed by atoms with Crippen LogP contribution in [0, 0.1) is 0 Å². The lowest BCUT2D eigenvalue weighted by Gasteiger charge is -2.36. The largest absolute Gasteiger partial charge is 0.508 e. The van der Waals surface area contributed by atoms with Gasteiger partial charge in [0.05, 0.1) is 5.54 Å². The number of nitrogens with zero attached hydrogens (tertiary/aromatic N) is 1. The molecular weight excluding hydrogens is 230 g/mol. The third kappa shape index (κ3) is 2.15. The second-order valence-electron chi connectivity index (χ2n) is 4.92. The molecule has 1 atom stereocenters. The van der Waals surface area contributed by atoms with Gasteiger partial charge in [-0.25, -0.2) is 4.79 Å². The zero-order valence-electron chi connectivity index (χ0n) is 10.6. The molecule has 2 rings (SSSR count). The molecule has 0 unspecified atom stereocenters. The molecular formula is C14H19NO3. The Labute approximate surface area is 107 Å². The van der Waals surface area contributed by atoms with Gasteiger partial charge in [-0.1, -0.05) is 25.1 Å². The summed E-state index contributed by atoms with van der Waals surface area (Å²) < 4.78 is 0. The molecule has 0 spiro atoms. The van der Waals surface area contributed by atoms with Gasteiger partial charge in [0.25, 0.3) is 0 Å². The van der Waals surface area contributed by atoms with Crippen LogP contribution < -0.4 is 0 Å². The third-order valence-corrected chi connectivity index (χ3v) is 4.00. The normalized spacial score (nSPS) is 23.3. The van der Waals surface area contributed by atoms with Crippen LogP contribution in [0.5, 0.6) is 5.75 Å². The number of carboxylic acid groups (broad SMARTS) is 1. The molecule has 0 aliphatic carbocycles. The lowest BCUT2D eigenvalue weighted by molar-refractivity contribution is 0.0986. The van der Waals surface area contributed by atoms with Crippen molar-refractivity contribution < 1.29 is 15.0 Å². The molecule has 4 heteroatoms. The van der Waals surface area contributed by atoms with E-state index in [1.54, 1.807) is 17.0 Å². The Kier molecular flexibility index (Phi) is 3.45. The highest BCUT2D eigenvalue weighted by Crippen LogP contribution is 2.37. The molecule has 0 saturated carbocycles. The molecule has 1 aromatic carbocycles. The van der Waals surface area contributed by atoms with Crippen LogP contribution in [0.1, 0.15) is 31.7 Å². The number of carbonyl (C=O) groups is 1. The van der Waals surface area contributed by atoms with Gasteiger partial charge in [-0.3, -0.25) is 0 Å². The first-order valence-electron chi connectivity index (χ1n) is 6.36. The van der Waals surface area contributed by atoms with E-state index < -0.39 is 6.09 Å². The molecule has 1 fully saturated rings. The maximum Gasteiger partial charge on any atom is 0.407 e. The van der Waals surface area contributed by atoms with Crippen LogP contribution in [-0.4, -0.2) is 33.3 Å². The average Bonchev–Trinajstić information content (AvgIpc) is 2.77. The molecule has 1 heterocycles. The first-order valence-corrected chi connectivity index (χ1v) is 6.36. The topological polar surface area (TPSA) is 60.8 Å². The van der Waals surface area contributed by atoms with Gasteiger partial charge < -0.3 is 15.1 Å². The van der Waals surface area contributed by atoms with E-state index in [0.29, 0.717) is 13.0 Å². The number of para-hydroxylation sites is 1. The van der Waals surface area contributed by atoms with Gasteiger partial charge in [-0.2, -0.15) is 0 Å². The number of phenols is 1. The average molecular weight is 249 g/mol. The predicted molar refractivity (Wildman–Crippen MR) is 68.8 cm³/mol. The minimum absolute atomic E-state index is 0.252. The van der Waals surface area contributed by atoms with E-state index in [1.165, 1.54) is 0 Å². The molecule has 98 valence electrons. The van der Waals surface area contributed by atoms with Crippen molar-refractivity contribution in [2.45, 2.75) is 38.1 Å². The Morgan fingerprint density at radius 2 is 2.17 bits per heavy atom. The van der Waals surface area contributed by atoms with E-state index in [0.717, 1.165) is 24.8 Å². The molecule has 1 aliphatic heterocycles. The summed E-state index contributed by atoms with van der Waals surface area (Å²) in [5, 5.41) is 19.1. The summed E-state index contributed by atoms with van der Waals surface area (Å²) in [6.45, 7) is 2.61. The Hall–Kier alpha value is -1.71. The molecule has 0 radical (unpaired) electrons. The molecule has 1 aliphatic rings. The van der Waals surface area contributed by atoms with E-state index in [-0.39, 0.29) is 11.3 Å². The van der Waals surface area contributed by atoms with Crippen molar-refractivity contribution >= 4 is 6.09 Å². The van der Waals surface area contributed by atoms with E-state index in [2.05, 4.69) is 0 Å². The highest BCUT2D eigenvalue weighted by molar-refractivity contribution is 5.67. The van der Waals surface area contributed by atoms with Crippen LogP contribution in [0.4, 0.5) is 4.79 Å². The lowest BCUT2D eigenvalue weighted by Crippen LogP contribution is -2.47. The Bertz CT molecular complexity index is 446. The van der Waals surface area contributed by atoms with Gasteiger partial charge in [0.2, 0.25) is 0 Å². The van der Waals surface area contributed by atoms with Crippen LogP contribution in [-0.2, 0) is 6.42 Å². The second kappa shape index (κ2) is 4.88. The van der Waals surface area contributed by atoms with Crippen LogP contribution in [0.3, 0.4) is 0 Å². The summed E-state index contributed by atoms with van der Waals surface area (Å²) in [7, 11) is 0. The van der Waals surface area contributed by atoms with Crippen molar-refractivity contribution in [2.24, 2.45) is 0 Å². The Balaban J connectivity index is 2.28. The second-order valence-corrected chi connectivity index (χ2v) is 4.92. The minimum atomic E-state index is -0.857. The fraction of sp³-hybridized carbons (Fsp3) is 0.500. The number of hydrogen-bond acceptors (Lipinski definition) is 2. The molecule has 0 bridgehead atoms. The maximum atomic E-state index is 11.3. The summed E-state index contributed by atoms with van der Waals surface area (Å²) in [6, 6.07) is 7.17. The van der Waals surface area contributed by atoms with Crippen LogP contribution in [0.2, 0.25) is 0 Å². The van der Waals surface area contributed by atoms with Crippen molar-refractivity contribution in [3.8, 4) is 5.75 Å². The first kappa shape index (κ1) is 12.7. The molecule has 1 saturated heterocycles. The van der Waals surface area contributed by atoms with E-state index in [1.807, 2.05) is 19.1 Å². The number of benzene rings is 1. The van der Waals surface area contributed by atoms with Crippen LogP contribution in [0.15, 0.2) is 24.3 Å². The van der Waals surface area contributed by atoms with E-state index in [4.69, 9.17) is 0 Å². The first-order chi connectivity index (χ1) is 8.59. The van der Waals surface area contributed by atoms with Crippen molar-refractivity contribution in [3.05, 3.63) is 29.8 Å². The quantitative estimate of drug-likeness (QED) is 0.866. The molecule has 1 aromatic rings. The monoisotopic (exact) mass is 249 g/mol. The van der Waals surface area contributed by atoms with E-state index in [9.17, 15) is 15.0 Å². The number of rotatable bonds is 3. The maximum absolute atomic E-state index is 11.3. The predicted octanol–water partition coefficient (Wildman–Crippen LogP) is 2.86. The molecule has 0 aromatic heterocycles. The molecule has 1 amide bonds. The van der Waals surface area contributed by atoms with Crippen LogP contribution >= 0.6 is 0 Å². The zero-order valence-corrected chi connectivity index (χ0v) is 10.6. The molecule has 4 nitrogen and oxygen atoms in total. The summed E-state index contributed by atoms with van der Waals surface area (Å²) >= 11 is 0. The van der Waals surface area contributed by atoms with E-state index >= 15 is 0 Å². The van der Waals surface area contributed by atoms with Crippen molar-refractivity contribution in [3.63, 3.8) is 0 Å². The van der Waals surface area contributed by atoms with Gasteiger partial charge >= 0.3 is 6.09 Å². The van der Waals surface area contributed by atoms with Crippen molar-refractivity contribution in [1.29, 1.82) is 0 Å². The standard InChI is InChI=1S/C14H19NO3/c1-2-14(8-5-9-15(14)13(17)18)10-11-6-3-4-7-12(11)16/h3-4,6-7,16H,2,5,8-10H2,1H3,(H,17,18)/t14-/m0/s1. The third-order valence-electron chi connectivity index (χ3n) is 4.00. The van der Waals surface area contributed by atoms with Gasteiger partial charge in [0, 0.05) is 6.54 Å². The molecule has 2 N–H and O–H groups in total. The number of aromatic hydroxyl groups is 1. The zero-order chi connectivity index (χ0) is 13.2. The fourth-order valence-corrected chi connectivity index (χ4v) is 2.93. The number of likely N-dealkylation sites (tertiary alicyclic amines) is 1. The minimum Gasteiger partial charge on any atom is -0.508 e. The van der Waals surface area contributed by atoms with Crippen molar-refractivity contribution in [2.75, 3.05) is 6.54 Å². The van der Waals surface area contributed by atoms with Crippen LogP contribution in [0.25, 0.3) is 0 Å². The lowest BCUT2D eigenvalue weighted by atomic mass is 9.85. The number of phenolic OH excluding ortho intramolecular Hbond substituents is 1. The van der Waals surface area contributed by atoms with Gasteiger partial charge in [-0.15, -0.1) is 0 Å². The number of hydrogen-bond donors (Lipinski definition) is 2. The smallest absolute Gasteiger partial charge is 0.407 e. The van der Waals surface area contributed by atoms with Gasteiger partial charge in [0.15, 0.2) is 0 Å². The molecule has 18 heavy (non-hydrogen) atoms. The Morgan fingerprint density at radius 1 is 1.44 bits per heavy atom. The summed E-state index contributed by atoms with van der Waals surface area (Å²) in [5.74, 6) is 0.252. The van der Waals surface area contributed by atoms with Gasteiger partial charge in [-0.05, 0) is 37.3 Å². The number of amides is 1. The summed E-state index contributed by atoms with van der Waals surface area (Å²) in [4.78, 5) is 12.9. The van der Waals surface area contributed by atoms with Gasteiger partial charge in [0.1, 0.15) is 5.75 Å². The highest BCUT2D eigenvalue weighted by Gasteiger charge is 2.42. The highest BCUT2D eigenvalue weighted by atomic mass is 16.4. The summed E-state index contributed by atoms with van der Waals surface area (Å²) in [6.07, 6.45) is 2.26.